The van der Waals surface area contributed by atoms with Crippen LogP contribution in [0.4, 0.5) is 5.82 Å². The van der Waals surface area contributed by atoms with Crippen molar-refractivity contribution in [1.29, 1.82) is 0 Å². The molecule has 1 fully saturated rings. The predicted molar refractivity (Wildman–Crippen MR) is 90.9 cm³/mol. The Labute approximate surface area is 134 Å². The standard InChI is InChI=1S/C17H19ClN4/c1-11-7-9-21(10-8-11)16-13-5-3-4-6-14(13)22-17(19-16)15(18)12(2)20-22/h3-6,11H,7-10H2,1-2H3. The van der Waals surface area contributed by atoms with Crippen molar-refractivity contribution in [2.75, 3.05) is 18.0 Å². The molecule has 0 unspecified atom stereocenters. The Balaban J connectivity index is 1.97. The summed E-state index contributed by atoms with van der Waals surface area (Å²) in [4.78, 5) is 7.26. The van der Waals surface area contributed by atoms with Gasteiger partial charge >= 0.3 is 0 Å². The second-order valence-electron chi connectivity index (χ2n) is 6.26. The van der Waals surface area contributed by atoms with Crippen LogP contribution < -0.4 is 4.90 Å². The quantitative estimate of drug-likeness (QED) is 0.678. The fourth-order valence-electron chi connectivity index (χ4n) is 3.23. The van der Waals surface area contributed by atoms with E-state index in [1.807, 2.05) is 17.5 Å². The summed E-state index contributed by atoms with van der Waals surface area (Å²) in [5.41, 5.74) is 2.64. The molecule has 3 heterocycles. The van der Waals surface area contributed by atoms with Crippen LogP contribution in [0.3, 0.4) is 0 Å². The lowest BCUT2D eigenvalue weighted by Gasteiger charge is -2.32. The average molecular weight is 315 g/mol. The van der Waals surface area contributed by atoms with Crippen LogP contribution in [0.5, 0.6) is 0 Å². The van der Waals surface area contributed by atoms with Gasteiger partial charge in [-0.1, -0.05) is 30.7 Å². The number of anilines is 1. The molecule has 0 N–H and O–H groups in total. The molecule has 1 aromatic carbocycles. The Morgan fingerprint density at radius 2 is 1.91 bits per heavy atom. The first kappa shape index (κ1) is 13.8. The maximum atomic E-state index is 6.41. The maximum Gasteiger partial charge on any atom is 0.176 e. The van der Waals surface area contributed by atoms with Gasteiger partial charge in [0, 0.05) is 18.5 Å². The molecule has 0 atom stereocenters. The van der Waals surface area contributed by atoms with E-state index in [0.717, 1.165) is 47.1 Å². The normalized spacial score (nSPS) is 16.8. The smallest absolute Gasteiger partial charge is 0.176 e. The number of nitrogens with zero attached hydrogens (tertiary/aromatic N) is 4. The SMILES string of the molecule is Cc1nn2c(nc(N3CCC(C)CC3)c3ccccc32)c1Cl. The largest absolute Gasteiger partial charge is 0.356 e. The van der Waals surface area contributed by atoms with Crippen LogP contribution in [-0.2, 0) is 0 Å². The van der Waals surface area contributed by atoms with Gasteiger partial charge in [0.05, 0.1) is 11.2 Å². The van der Waals surface area contributed by atoms with Crippen molar-refractivity contribution in [1.82, 2.24) is 14.6 Å². The van der Waals surface area contributed by atoms with Crippen LogP contribution in [0, 0.1) is 12.8 Å². The molecule has 2 aromatic heterocycles. The second-order valence-corrected chi connectivity index (χ2v) is 6.63. The third-order valence-corrected chi connectivity index (χ3v) is 5.08. The molecule has 114 valence electrons. The molecule has 0 radical (unpaired) electrons. The van der Waals surface area contributed by atoms with Crippen LogP contribution in [0.2, 0.25) is 5.02 Å². The Hall–Kier alpha value is -1.81. The van der Waals surface area contributed by atoms with E-state index in [4.69, 9.17) is 16.6 Å². The summed E-state index contributed by atoms with van der Waals surface area (Å²) < 4.78 is 1.86. The Morgan fingerprint density at radius 3 is 2.68 bits per heavy atom. The summed E-state index contributed by atoms with van der Waals surface area (Å²) >= 11 is 6.41. The van der Waals surface area contributed by atoms with Crippen molar-refractivity contribution in [3.8, 4) is 0 Å². The molecule has 5 heteroatoms. The maximum absolute atomic E-state index is 6.41. The number of hydrogen-bond donors (Lipinski definition) is 0. The molecule has 0 bridgehead atoms. The number of hydrogen-bond acceptors (Lipinski definition) is 3. The molecule has 0 spiro atoms. The number of halogens is 1. The minimum atomic E-state index is 0.650. The lowest BCUT2D eigenvalue weighted by atomic mass is 9.99. The highest BCUT2D eigenvalue weighted by Gasteiger charge is 2.21. The van der Waals surface area contributed by atoms with E-state index in [1.165, 1.54) is 12.8 Å². The van der Waals surface area contributed by atoms with Crippen molar-refractivity contribution in [3.63, 3.8) is 0 Å². The van der Waals surface area contributed by atoms with Crippen LogP contribution in [0.25, 0.3) is 16.6 Å². The minimum absolute atomic E-state index is 0.650. The summed E-state index contributed by atoms with van der Waals surface area (Å²) in [6.45, 7) is 6.36. The predicted octanol–water partition coefficient (Wildman–Crippen LogP) is 4.08. The van der Waals surface area contributed by atoms with Crippen molar-refractivity contribution < 1.29 is 0 Å². The fourth-order valence-corrected chi connectivity index (χ4v) is 3.39. The van der Waals surface area contributed by atoms with Crippen LogP contribution in [0.15, 0.2) is 24.3 Å². The summed E-state index contributed by atoms with van der Waals surface area (Å²) in [5.74, 6) is 1.84. The van der Waals surface area contributed by atoms with E-state index in [1.54, 1.807) is 0 Å². The van der Waals surface area contributed by atoms with Crippen molar-refractivity contribution in [2.45, 2.75) is 26.7 Å². The molecule has 1 aliphatic rings. The van der Waals surface area contributed by atoms with Crippen molar-refractivity contribution in [3.05, 3.63) is 35.0 Å². The zero-order chi connectivity index (χ0) is 15.3. The number of benzene rings is 1. The molecule has 0 aliphatic carbocycles. The number of rotatable bonds is 1. The molecule has 1 saturated heterocycles. The van der Waals surface area contributed by atoms with E-state index in [2.05, 4.69) is 35.1 Å². The number of fused-ring (bicyclic) bond motifs is 3. The average Bonchev–Trinajstić information content (AvgIpc) is 2.83. The highest BCUT2D eigenvalue weighted by molar-refractivity contribution is 6.34. The van der Waals surface area contributed by atoms with Crippen molar-refractivity contribution in [2.24, 2.45) is 5.92 Å². The van der Waals surface area contributed by atoms with E-state index in [0.29, 0.717) is 5.02 Å². The van der Waals surface area contributed by atoms with Gasteiger partial charge in [0.1, 0.15) is 10.8 Å². The Bertz CT molecular complexity index is 847. The third kappa shape index (κ3) is 2.05. The fraction of sp³-hybridized carbons (Fsp3) is 0.412. The van der Waals surface area contributed by atoms with Crippen molar-refractivity contribution >= 4 is 34.0 Å². The van der Waals surface area contributed by atoms with Gasteiger partial charge in [0.15, 0.2) is 5.65 Å². The summed E-state index contributed by atoms with van der Waals surface area (Å²) in [6.07, 6.45) is 2.43. The van der Waals surface area contributed by atoms with Crippen LogP contribution in [-0.4, -0.2) is 27.7 Å². The number of piperidine rings is 1. The first-order valence-electron chi connectivity index (χ1n) is 7.83. The van der Waals surface area contributed by atoms with E-state index >= 15 is 0 Å². The van der Waals surface area contributed by atoms with E-state index in [9.17, 15) is 0 Å². The van der Waals surface area contributed by atoms with Gasteiger partial charge in [-0.25, -0.2) is 9.50 Å². The van der Waals surface area contributed by atoms with Crippen LogP contribution in [0.1, 0.15) is 25.5 Å². The van der Waals surface area contributed by atoms with Gasteiger partial charge in [-0.2, -0.15) is 5.10 Å². The van der Waals surface area contributed by atoms with Gasteiger partial charge in [0.25, 0.3) is 0 Å². The van der Waals surface area contributed by atoms with E-state index in [-0.39, 0.29) is 0 Å². The molecule has 4 nitrogen and oxygen atoms in total. The lowest BCUT2D eigenvalue weighted by molar-refractivity contribution is 0.437. The topological polar surface area (TPSA) is 33.4 Å². The van der Waals surface area contributed by atoms with Crippen LogP contribution >= 0.6 is 11.6 Å². The zero-order valence-corrected chi connectivity index (χ0v) is 13.6. The van der Waals surface area contributed by atoms with E-state index < -0.39 is 0 Å². The minimum Gasteiger partial charge on any atom is -0.356 e. The Kier molecular flexibility index (Phi) is 3.22. The number of aryl methyl sites for hydroxylation is 1. The lowest BCUT2D eigenvalue weighted by Crippen LogP contribution is -2.33. The Morgan fingerprint density at radius 1 is 1.18 bits per heavy atom. The molecule has 1 aliphatic heterocycles. The monoisotopic (exact) mass is 314 g/mol. The van der Waals surface area contributed by atoms with Gasteiger partial charge in [-0.05, 0) is 37.8 Å². The summed E-state index contributed by atoms with van der Waals surface area (Å²) in [5, 5.41) is 6.34. The number of para-hydroxylation sites is 1. The number of aromatic nitrogens is 3. The first-order valence-corrected chi connectivity index (χ1v) is 8.21. The van der Waals surface area contributed by atoms with Gasteiger partial charge in [-0.3, -0.25) is 0 Å². The second kappa shape index (κ2) is 5.13. The zero-order valence-electron chi connectivity index (χ0n) is 12.9. The van der Waals surface area contributed by atoms with Gasteiger partial charge < -0.3 is 4.90 Å². The third-order valence-electron chi connectivity index (χ3n) is 4.63. The van der Waals surface area contributed by atoms with Gasteiger partial charge in [-0.15, -0.1) is 0 Å². The molecule has 22 heavy (non-hydrogen) atoms. The molecule has 3 aromatic rings. The highest BCUT2D eigenvalue weighted by Crippen LogP contribution is 2.32. The summed E-state index contributed by atoms with van der Waals surface area (Å²) in [6, 6.07) is 8.31. The molecular formula is C17H19ClN4. The molecular weight excluding hydrogens is 296 g/mol. The summed E-state index contributed by atoms with van der Waals surface area (Å²) in [7, 11) is 0. The molecule has 0 amide bonds. The first-order chi connectivity index (χ1) is 10.6. The highest BCUT2D eigenvalue weighted by atomic mass is 35.5. The van der Waals surface area contributed by atoms with Gasteiger partial charge in [0.2, 0.25) is 0 Å². The molecule has 0 saturated carbocycles. The molecule has 4 rings (SSSR count).